The van der Waals surface area contributed by atoms with Crippen LogP contribution in [0.5, 0.6) is 5.75 Å². The summed E-state index contributed by atoms with van der Waals surface area (Å²) in [7, 11) is 1.53. The van der Waals surface area contributed by atoms with Crippen LogP contribution in [0.3, 0.4) is 0 Å². The van der Waals surface area contributed by atoms with Crippen molar-refractivity contribution in [2.45, 2.75) is 12.5 Å². The number of fused-ring (bicyclic) bond motifs is 1. The zero-order chi connectivity index (χ0) is 21.3. The highest BCUT2D eigenvalue weighted by atomic mass is 16.5. The Bertz CT molecular complexity index is 1150. The second kappa shape index (κ2) is 7.51. The zero-order valence-electron chi connectivity index (χ0n) is 16.6. The average molecular weight is 403 g/mol. The Morgan fingerprint density at radius 1 is 1.07 bits per heavy atom. The average Bonchev–Trinajstić information content (AvgIpc) is 2.97. The van der Waals surface area contributed by atoms with Crippen molar-refractivity contribution in [1.29, 1.82) is 0 Å². The summed E-state index contributed by atoms with van der Waals surface area (Å²) in [5.74, 6) is -0.357. The lowest BCUT2D eigenvalue weighted by Gasteiger charge is -2.24. The number of imide groups is 1. The number of rotatable bonds is 5. The molecule has 7 nitrogen and oxygen atoms in total. The number of nitrogens with one attached hydrogen (secondary N) is 2. The lowest BCUT2D eigenvalue weighted by molar-refractivity contribution is -0.133. The first-order valence-corrected chi connectivity index (χ1v) is 9.48. The van der Waals surface area contributed by atoms with Crippen molar-refractivity contribution in [1.82, 2.24) is 10.2 Å². The maximum absolute atomic E-state index is 13.2. The number of ether oxygens (including phenoxy) is 1. The van der Waals surface area contributed by atoms with Crippen LogP contribution in [-0.4, -0.2) is 36.4 Å². The molecule has 0 spiro atoms. The van der Waals surface area contributed by atoms with Gasteiger partial charge in [0.15, 0.2) is 0 Å². The van der Waals surface area contributed by atoms with E-state index in [0.717, 1.165) is 15.7 Å². The van der Waals surface area contributed by atoms with Crippen LogP contribution in [0.1, 0.15) is 12.5 Å². The minimum Gasteiger partial charge on any atom is -0.497 e. The number of urea groups is 1. The topological polar surface area (TPSA) is 87.7 Å². The summed E-state index contributed by atoms with van der Waals surface area (Å²) in [6.45, 7) is 1.28. The molecular weight excluding hydrogens is 382 g/mol. The summed E-state index contributed by atoms with van der Waals surface area (Å²) in [4.78, 5) is 39.2. The number of benzene rings is 3. The van der Waals surface area contributed by atoms with E-state index in [4.69, 9.17) is 4.74 Å². The molecule has 4 rings (SSSR count). The third-order valence-electron chi connectivity index (χ3n) is 5.26. The van der Waals surface area contributed by atoms with Gasteiger partial charge >= 0.3 is 6.03 Å². The maximum atomic E-state index is 13.2. The zero-order valence-corrected chi connectivity index (χ0v) is 16.6. The van der Waals surface area contributed by atoms with Gasteiger partial charge in [-0.05, 0) is 35.4 Å². The molecule has 1 aliphatic rings. The SMILES string of the molecule is COc1cccc(NC(=O)CN2C(=O)N[C@](C)(c3cccc4ccccc34)C2=O)c1. The first-order chi connectivity index (χ1) is 14.4. The molecule has 7 heteroatoms. The van der Waals surface area contributed by atoms with Crippen LogP contribution < -0.4 is 15.4 Å². The van der Waals surface area contributed by atoms with Crippen molar-refractivity contribution in [3.8, 4) is 5.75 Å². The summed E-state index contributed by atoms with van der Waals surface area (Å²) in [5.41, 5.74) is -0.0494. The van der Waals surface area contributed by atoms with Crippen molar-refractivity contribution in [3.63, 3.8) is 0 Å². The molecule has 3 aromatic carbocycles. The normalized spacial score (nSPS) is 18.4. The second-order valence-corrected chi connectivity index (χ2v) is 7.25. The van der Waals surface area contributed by atoms with E-state index in [-0.39, 0.29) is 6.54 Å². The fourth-order valence-electron chi connectivity index (χ4n) is 3.73. The van der Waals surface area contributed by atoms with Gasteiger partial charge in [0.25, 0.3) is 5.91 Å². The van der Waals surface area contributed by atoms with Gasteiger partial charge in [0, 0.05) is 11.8 Å². The fourth-order valence-corrected chi connectivity index (χ4v) is 3.73. The Kier molecular flexibility index (Phi) is 4.87. The minimum absolute atomic E-state index is 0.387. The molecule has 2 N–H and O–H groups in total. The van der Waals surface area contributed by atoms with E-state index in [9.17, 15) is 14.4 Å². The number of amides is 4. The summed E-state index contributed by atoms with van der Waals surface area (Å²) in [6, 6.07) is 19.5. The molecule has 30 heavy (non-hydrogen) atoms. The molecule has 1 saturated heterocycles. The first kappa shape index (κ1) is 19.4. The van der Waals surface area contributed by atoms with Crippen LogP contribution in [0.25, 0.3) is 10.8 Å². The molecule has 0 aliphatic carbocycles. The van der Waals surface area contributed by atoms with Gasteiger partial charge in [-0.1, -0.05) is 48.5 Å². The highest BCUT2D eigenvalue weighted by Gasteiger charge is 2.50. The highest BCUT2D eigenvalue weighted by molar-refractivity contribution is 6.11. The molecule has 0 aromatic heterocycles. The lowest BCUT2D eigenvalue weighted by atomic mass is 9.88. The van der Waals surface area contributed by atoms with Gasteiger partial charge in [0.2, 0.25) is 5.91 Å². The Balaban J connectivity index is 1.57. The van der Waals surface area contributed by atoms with Gasteiger partial charge in [0.05, 0.1) is 7.11 Å². The summed E-state index contributed by atoms with van der Waals surface area (Å²) < 4.78 is 5.14. The van der Waals surface area contributed by atoms with Gasteiger partial charge in [-0.25, -0.2) is 4.79 Å². The third kappa shape index (κ3) is 3.34. The van der Waals surface area contributed by atoms with Crippen LogP contribution in [-0.2, 0) is 15.1 Å². The first-order valence-electron chi connectivity index (χ1n) is 9.48. The minimum atomic E-state index is -1.26. The van der Waals surface area contributed by atoms with E-state index in [1.807, 2.05) is 42.5 Å². The molecule has 3 aromatic rings. The number of hydrogen-bond donors (Lipinski definition) is 2. The monoisotopic (exact) mass is 403 g/mol. The summed E-state index contributed by atoms with van der Waals surface area (Å²) in [5, 5.41) is 7.29. The molecule has 0 radical (unpaired) electrons. The van der Waals surface area contributed by atoms with E-state index in [0.29, 0.717) is 17.0 Å². The summed E-state index contributed by atoms with van der Waals surface area (Å²) in [6.07, 6.45) is 0. The molecular formula is C23H21N3O4. The van der Waals surface area contributed by atoms with Crippen LogP contribution in [0.2, 0.25) is 0 Å². The van der Waals surface area contributed by atoms with Crippen molar-refractivity contribution in [2.75, 3.05) is 19.0 Å². The molecule has 0 bridgehead atoms. The van der Waals surface area contributed by atoms with Crippen LogP contribution in [0.15, 0.2) is 66.7 Å². The van der Waals surface area contributed by atoms with E-state index < -0.39 is 23.4 Å². The summed E-state index contributed by atoms with van der Waals surface area (Å²) >= 11 is 0. The van der Waals surface area contributed by atoms with Crippen LogP contribution >= 0.6 is 0 Å². The Morgan fingerprint density at radius 3 is 2.60 bits per heavy atom. The number of nitrogens with zero attached hydrogens (tertiary/aromatic N) is 1. The number of carbonyl (C=O) groups is 3. The van der Waals surface area contributed by atoms with Gasteiger partial charge < -0.3 is 15.4 Å². The molecule has 1 fully saturated rings. The van der Waals surface area contributed by atoms with E-state index >= 15 is 0 Å². The number of hydrogen-bond acceptors (Lipinski definition) is 4. The molecule has 4 amide bonds. The van der Waals surface area contributed by atoms with Gasteiger partial charge in [-0.3, -0.25) is 14.5 Å². The standard InChI is InChI=1S/C23H21N3O4/c1-23(19-12-5-8-15-7-3-4-11-18(15)19)21(28)26(22(29)25-23)14-20(27)24-16-9-6-10-17(13-16)30-2/h3-13H,14H2,1-2H3,(H,24,27)(H,25,29)/t23-/m1/s1. The number of methoxy groups -OCH3 is 1. The molecule has 1 heterocycles. The van der Waals surface area contributed by atoms with Crippen molar-refractivity contribution < 1.29 is 19.1 Å². The quantitative estimate of drug-likeness (QED) is 0.640. The van der Waals surface area contributed by atoms with E-state index in [2.05, 4.69) is 10.6 Å². The largest absolute Gasteiger partial charge is 0.497 e. The number of anilines is 1. The molecule has 0 unspecified atom stereocenters. The Hall–Kier alpha value is -3.87. The van der Waals surface area contributed by atoms with Gasteiger partial charge in [-0.15, -0.1) is 0 Å². The molecule has 152 valence electrons. The molecule has 0 saturated carbocycles. The second-order valence-electron chi connectivity index (χ2n) is 7.25. The Labute approximate surface area is 173 Å². The smallest absolute Gasteiger partial charge is 0.325 e. The maximum Gasteiger partial charge on any atom is 0.325 e. The lowest BCUT2D eigenvalue weighted by Crippen LogP contribution is -2.42. The van der Waals surface area contributed by atoms with Crippen molar-refractivity contribution >= 4 is 34.3 Å². The van der Waals surface area contributed by atoms with Gasteiger partial charge in [0.1, 0.15) is 17.8 Å². The van der Waals surface area contributed by atoms with Crippen molar-refractivity contribution in [3.05, 3.63) is 72.3 Å². The predicted octanol–water partition coefficient (Wildman–Crippen LogP) is 3.25. The van der Waals surface area contributed by atoms with Crippen molar-refractivity contribution in [2.24, 2.45) is 0 Å². The van der Waals surface area contributed by atoms with E-state index in [1.54, 1.807) is 31.2 Å². The predicted molar refractivity (Wildman–Crippen MR) is 113 cm³/mol. The van der Waals surface area contributed by atoms with Gasteiger partial charge in [-0.2, -0.15) is 0 Å². The van der Waals surface area contributed by atoms with E-state index in [1.165, 1.54) is 7.11 Å². The number of carbonyl (C=O) groups excluding carboxylic acids is 3. The highest BCUT2D eigenvalue weighted by Crippen LogP contribution is 2.33. The molecule has 1 aliphatic heterocycles. The Morgan fingerprint density at radius 2 is 1.80 bits per heavy atom. The molecule has 1 atom stereocenters. The van der Waals surface area contributed by atoms with Crippen LogP contribution in [0, 0.1) is 0 Å². The fraction of sp³-hybridized carbons (Fsp3) is 0.174. The van der Waals surface area contributed by atoms with Crippen LogP contribution in [0.4, 0.5) is 10.5 Å². The third-order valence-corrected chi connectivity index (χ3v) is 5.26.